The molecule has 24 heavy (non-hydrogen) atoms. The fourth-order valence-corrected chi connectivity index (χ4v) is 3.44. The van der Waals surface area contributed by atoms with Gasteiger partial charge >= 0.3 is 5.97 Å². The number of aryl methyl sites for hydroxylation is 1. The number of nitrogens with zero attached hydrogens (tertiary/aromatic N) is 2. The van der Waals surface area contributed by atoms with Gasteiger partial charge in [0.25, 0.3) is 0 Å². The van der Waals surface area contributed by atoms with E-state index in [4.69, 9.17) is 0 Å². The van der Waals surface area contributed by atoms with Crippen molar-refractivity contribution in [2.24, 2.45) is 5.92 Å². The van der Waals surface area contributed by atoms with Crippen molar-refractivity contribution in [3.8, 4) is 0 Å². The Bertz CT molecular complexity index is 735. The van der Waals surface area contributed by atoms with E-state index in [0.29, 0.717) is 13.0 Å². The molecule has 3 rings (SSSR count). The van der Waals surface area contributed by atoms with Crippen molar-refractivity contribution in [2.75, 3.05) is 13.1 Å². The average Bonchev–Trinajstić information content (AvgIpc) is 2.57. The molecule has 2 heterocycles. The highest BCUT2D eigenvalue weighted by atomic mass is 19.1. The van der Waals surface area contributed by atoms with E-state index in [0.717, 1.165) is 29.8 Å². The largest absolute Gasteiger partial charge is 0.481 e. The fourth-order valence-electron chi connectivity index (χ4n) is 3.44. The van der Waals surface area contributed by atoms with Crippen LogP contribution in [-0.4, -0.2) is 34.0 Å². The highest BCUT2D eigenvalue weighted by Crippen LogP contribution is 2.33. The molecule has 1 saturated heterocycles. The summed E-state index contributed by atoms with van der Waals surface area (Å²) in [7, 11) is 0. The van der Waals surface area contributed by atoms with Gasteiger partial charge in [-0.05, 0) is 55.6 Å². The van der Waals surface area contributed by atoms with Crippen molar-refractivity contribution in [1.29, 1.82) is 0 Å². The maximum absolute atomic E-state index is 13.8. The van der Waals surface area contributed by atoms with Crippen LogP contribution >= 0.6 is 0 Å². The number of likely N-dealkylation sites (tertiary alicyclic amines) is 1. The third kappa shape index (κ3) is 3.46. The lowest BCUT2D eigenvalue weighted by Crippen LogP contribution is -2.41. The summed E-state index contributed by atoms with van der Waals surface area (Å²) in [6, 6.07) is 10.1. The Morgan fingerprint density at radius 1 is 1.38 bits per heavy atom. The molecule has 2 aromatic rings. The second-order valence-electron chi connectivity index (χ2n) is 6.34. The summed E-state index contributed by atoms with van der Waals surface area (Å²) in [5.41, 5.74) is 2.68. The van der Waals surface area contributed by atoms with Crippen LogP contribution < -0.4 is 0 Å². The van der Waals surface area contributed by atoms with Crippen molar-refractivity contribution in [3.05, 3.63) is 65.2 Å². The number of piperidine rings is 1. The normalized spacial score (nSPS) is 19.8. The van der Waals surface area contributed by atoms with Crippen LogP contribution in [0.5, 0.6) is 0 Å². The quantitative estimate of drug-likeness (QED) is 0.934. The molecule has 2 atom stereocenters. The molecule has 1 aliphatic rings. The van der Waals surface area contributed by atoms with Gasteiger partial charge in [0.1, 0.15) is 5.82 Å². The Morgan fingerprint density at radius 3 is 2.92 bits per heavy atom. The second kappa shape index (κ2) is 7.09. The van der Waals surface area contributed by atoms with Crippen molar-refractivity contribution in [2.45, 2.75) is 25.8 Å². The highest BCUT2D eigenvalue weighted by Gasteiger charge is 2.32. The van der Waals surface area contributed by atoms with Gasteiger partial charge in [-0.2, -0.15) is 0 Å². The number of pyridine rings is 1. The van der Waals surface area contributed by atoms with Crippen molar-refractivity contribution in [3.63, 3.8) is 0 Å². The van der Waals surface area contributed by atoms with Crippen LogP contribution in [0.1, 0.15) is 35.7 Å². The molecule has 1 N–H and O–H groups in total. The van der Waals surface area contributed by atoms with Crippen LogP contribution in [-0.2, 0) is 4.79 Å². The summed E-state index contributed by atoms with van der Waals surface area (Å²) < 4.78 is 13.8. The number of benzene rings is 1. The van der Waals surface area contributed by atoms with Crippen molar-refractivity contribution < 1.29 is 14.3 Å². The van der Waals surface area contributed by atoms with Gasteiger partial charge in [-0.15, -0.1) is 0 Å². The molecule has 0 saturated carbocycles. The lowest BCUT2D eigenvalue weighted by Gasteiger charge is -2.37. The van der Waals surface area contributed by atoms with E-state index in [1.54, 1.807) is 12.3 Å². The molecule has 0 spiro atoms. The molecule has 5 heteroatoms. The molecule has 1 aliphatic heterocycles. The maximum Gasteiger partial charge on any atom is 0.307 e. The second-order valence-corrected chi connectivity index (χ2v) is 6.34. The van der Waals surface area contributed by atoms with E-state index in [-0.39, 0.29) is 17.8 Å². The Labute approximate surface area is 141 Å². The molecule has 0 bridgehead atoms. The Kier molecular flexibility index (Phi) is 4.90. The first-order valence-electron chi connectivity index (χ1n) is 8.20. The lowest BCUT2D eigenvalue weighted by atomic mass is 9.92. The first-order valence-corrected chi connectivity index (χ1v) is 8.20. The zero-order chi connectivity index (χ0) is 17.1. The highest BCUT2D eigenvalue weighted by molar-refractivity contribution is 5.70. The molecular formula is C19H21FN2O2. The number of halogens is 1. The number of carboxylic acid groups (broad SMARTS) is 1. The number of hydrogen-bond acceptors (Lipinski definition) is 3. The molecular weight excluding hydrogens is 307 g/mol. The van der Waals surface area contributed by atoms with E-state index in [2.05, 4.69) is 9.88 Å². The summed E-state index contributed by atoms with van der Waals surface area (Å²) in [6.45, 7) is 3.21. The molecule has 0 amide bonds. The maximum atomic E-state index is 13.8. The van der Waals surface area contributed by atoms with Crippen LogP contribution in [0.25, 0.3) is 0 Å². The van der Waals surface area contributed by atoms with Crippen LogP contribution in [0.3, 0.4) is 0 Å². The number of rotatable bonds is 4. The monoisotopic (exact) mass is 328 g/mol. The minimum atomic E-state index is -0.768. The smallest absolute Gasteiger partial charge is 0.307 e. The Morgan fingerprint density at radius 2 is 2.21 bits per heavy atom. The summed E-state index contributed by atoms with van der Waals surface area (Å²) >= 11 is 0. The third-order valence-electron chi connectivity index (χ3n) is 4.64. The molecule has 0 radical (unpaired) electrons. The van der Waals surface area contributed by atoms with Crippen LogP contribution in [0.2, 0.25) is 0 Å². The van der Waals surface area contributed by atoms with Crippen LogP contribution in [0.4, 0.5) is 4.39 Å². The molecule has 0 aliphatic carbocycles. The fraction of sp³-hybridized carbons (Fsp3) is 0.368. The molecule has 1 aromatic heterocycles. The van der Waals surface area contributed by atoms with Gasteiger partial charge in [0, 0.05) is 12.7 Å². The van der Waals surface area contributed by atoms with E-state index >= 15 is 0 Å². The van der Waals surface area contributed by atoms with Crippen molar-refractivity contribution >= 4 is 5.97 Å². The van der Waals surface area contributed by atoms with E-state index in [9.17, 15) is 14.3 Å². The minimum Gasteiger partial charge on any atom is -0.481 e. The SMILES string of the molecule is Cc1cccnc1C(c1cccc(F)c1)N1CCCC(C(=O)O)C1. The zero-order valence-corrected chi connectivity index (χ0v) is 13.7. The summed E-state index contributed by atoms with van der Waals surface area (Å²) in [4.78, 5) is 18.0. The van der Waals surface area contributed by atoms with Gasteiger partial charge in [-0.3, -0.25) is 14.7 Å². The van der Waals surface area contributed by atoms with Crippen molar-refractivity contribution in [1.82, 2.24) is 9.88 Å². The first kappa shape index (κ1) is 16.6. The molecule has 1 aromatic carbocycles. The molecule has 4 nitrogen and oxygen atoms in total. The number of aliphatic carboxylic acids is 1. The predicted molar refractivity (Wildman–Crippen MR) is 89.1 cm³/mol. The number of carbonyl (C=O) groups is 1. The van der Waals surface area contributed by atoms with Gasteiger partial charge in [-0.1, -0.05) is 18.2 Å². The predicted octanol–water partition coefficient (Wildman–Crippen LogP) is 3.42. The first-order chi connectivity index (χ1) is 11.6. The van der Waals surface area contributed by atoms with Gasteiger partial charge in [0.05, 0.1) is 17.7 Å². The minimum absolute atomic E-state index is 0.232. The number of carboxylic acids is 1. The molecule has 126 valence electrons. The van der Waals surface area contributed by atoms with Gasteiger partial charge in [0.15, 0.2) is 0 Å². The third-order valence-corrected chi connectivity index (χ3v) is 4.64. The van der Waals surface area contributed by atoms with Gasteiger partial charge in [0.2, 0.25) is 0 Å². The van der Waals surface area contributed by atoms with E-state index in [1.165, 1.54) is 12.1 Å². The lowest BCUT2D eigenvalue weighted by molar-refractivity contribution is -0.143. The number of aromatic nitrogens is 1. The van der Waals surface area contributed by atoms with Crippen LogP contribution in [0.15, 0.2) is 42.6 Å². The molecule has 1 fully saturated rings. The summed E-state index contributed by atoms with van der Waals surface area (Å²) in [5.74, 6) is -1.45. The molecule has 2 unspecified atom stereocenters. The van der Waals surface area contributed by atoms with Crippen LogP contribution in [0, 0.1) is 18.7 Å². The summed E-state index contributed by atoms with van der Waals surface area (Å²) in [6.07, 6.45) is 3.23. The topological polar surface area (TPSA) is 53.4 Å². The standard InChI is InChI=1S/C19H21FN2O2/c1-13-5-3-9-21-17(13)18(14-6-2-8-16(20)11-14)22-10-4-7-15(12-22)19(23)24/h2-3,5-6,8-9,11,15,18H,4,7,10,12H2,1H3,(H,23,24). The number of hydrogen-bond donors (Lipinski definition) is 1. The Balaban J connectivity index is 2.02. The van der Waals surface area contributed by atoms with E-state index in [1.807, 2.05) is 25.1 Å². The Hall–Kier alpha value is -2.27. The zero-order valence-electron chi connectivity index (χ0n) is 13.7. The van der Waals surface area contributed by atoms with Gasteiger partial charge < -0.3 is 5.11 Å². The van der Waals surface area contributed by atoms with Gasteiger partial charge in [-0.25, -0.2) is 4.39 Å². The summed E-state index contributed by atoms with van der Waals surface area (Å²) in [5, 5.41) is 9.38. The average molecular weight is 328 g/mol. The van der Waals surface area contributed by atoms with E-state index < -0.39 is 5.97 Å².